The number of hydrogen-bond acceptors (Lipinski definition) is 4. The second kappa shape index (κ2) is 9.43. The maximum Gasteiger partial charge on any atom is 0.236 e. The third kappa shape index (κ3) is 4.86. The molecule has 0 N–H and O–H groups in total. The van der Waals surface area contributed by atoms with Gasteiger partial charge in [0.25, 0.3) is 0 Å². The van der Waals surface area contributed by atoms with E-state index in [0.29, 0.717) is 13.1 Å². The summed E-state index contributed by atoms with van der Waals surface area (Å²) in [7, 11) is 5.21. The summed E-state index contributed by atoms with van der Waals surface area (Å²) in [6.45, 7) is 1.91. The van der Waals surface area contributed by atoms with E-state index in [1.165, 1.54) is 0 Å². The number of rotatable bonds is 7. The summed E-state index contributed by atoms with van der Waals surface area (Å²) >= 11 is 3.44. The first kappa shape index (κ1) is 20.7. The molecule has 1 atom stereocenters. The van der Waals surface area contributed by atoms with Crippen molar-refractivity contribution in [2.24, 2.45) is 0 Å². The van der Waals surface area contributed by atoms with E-state index in [2.05, 4.69) is 20.8 Å². The zero-order valence-corrected chi connectivity index (χ0v) is 18.2. The van der Waals surface area contributed by atoms with E-state index in [9.17, 15) is 4.79 Å². The molecule has 1 amide bonds. The van der Waals surface area contributed by atoms with Crippen LogP contribution in [0, 0.1) is 0 Å². The van der Waals surface area contributed by atoms with E-state index in [-0.39, 0.29) is 11.9 Å². The number of amides is 1. The molecule has 2 aromatic rings. The molecule has 28 heavy (non-hydrogen) atoms. The Labute approximate surface area is 175 Å². The number of ether oxygens (including phenoxy) is 2. The second-order valence-electron chi connectivity index (χ2n) is 7.11. The van der Waals surface area contributed by atoms with Crippen LogP contribution in [0.1, 0.15) is 30.0 Å². The van der Waals surface area contributed by atoms with Crippen LogP contribution in [0.4, 0.5) is 0 Å². The molecule has 1 saturated heterocycles. The largest absolute Gasteiger partial charge is 0.497 e. The van der Waals surface area contributed by atoms with Crippen molar-refractivity contribution in [3.8, 4) is 11.5 Å². The van der Waals surface area contributed by atoms with Gasteiger partial charge in [-0.25, -0.2) is 0 Å². The highest BCUT2D eigenvalue weighted by Gasteiger charge is 2.30. The molecule has 1 aliphatic rings. The summed E-state index contributed by atoms with van der Waals surface area (Å²) in [5.74, 6) is 1.77. The van der Waals surface area contributed by atoms with Gasteiger partial charge < -0.3 is 14.4 Å². The van der Waals surface area contributed by atoms with Crippen LogP contribution in [0.3, 0.4) is 0 Å². The van der Waals surface area contributed by atoms with Crippen molar-refractivity contribution in [2.75, 3.05) is 34.4 Å². The highest BCUT2D eigenvalue weighted by molar-refractivity contribution is 9.10. The van der Waals surface area contributed by atoms with E-state index in [0.717, 1.165) is 46.5 Å². The first-order valence-electron chi connectivity index (χ1n) is 9.46. The van der Waals surface area contributed by atoms with Crippen molar-refractivity contribution >= 4 is 21.8 Å². The quantitative estimate of drug-likeness (QED) is 0.636. The topological polar surface area (TPSA) is 42.0 Å². The van der Waals surface area contributed by atoms with Gasteiger partial charge in [0.15, 0.2) is 0 Å². The van der Waals surface area contributed by atoms with Crippen molar-refractivity contribution in [3.05, 3.63) is 58.1 Å². The number of benzene rings is 2. The fourth-order valence-electron chi connectivity index (χ4n) is 3.71. The summed E-state index contributed by atoms with van der Waals surface area (Å²) in [5.41, 5.74) is 2.20. The highest BCUT2D eigenvalue weighted by atomic mass is 79.9. The standard InChI is InChI=1S/C22H27BrN2O3/c1-24(14-16-6-8-17(23)9-7-16)22(26)15-25-12-4-5-20(25)19-13-18(27-2)10-11-21(19)28-3/h6-11,13,20H,4-5,12,14-15H2,1-3H3. The normalized spacial score (nSPS) is 16.8. The molecule has 2 aromatic carbocycles. The van der Waals surface area contributed by atoms with Crippen LogP contribution in [-0.4, -0.2) is 50.1 Å². The fraction of sp³-hybridized carbons (Fsp3) is 0.409. The lowest BCUT2D eigenvalue weighted by Crippen LogP contribution is -2.37. The minimum Gasteiger partial charge on any atom is -0.497 e. The molecule has 3 rings (SSSR count). The molecule has 0 radical (unpaired) electrons. The van der Waals surface area contributed by atoms with Crippen molar-refractivity contribution in [1.82, 2.24) is 9.80 Å². The lowest BCUT2D eigenvalue weighted by molar-refractivity contribution is -0.131. The van der Waals surface area contributed by atoms with Crippen LogP contribution in [0.15, 0.2) is 46.9 Å². The van der Waals surface area contributed by atoms with Crippen LogP contribution >= 0.6 is 15.9 Å². The third-order valence-corrected chi connectivity index (χ3v) is 5.79. The van der Waals surface area contributed by atoms with Gasteiger partial charge in [0.05, 0.1) is 20.8 Å². The Morgan fingerprint density at radius 2 is 1.93 bits per heavy atom. The average molecular weight is 447 g/mol. The van der Waals surface area contributed by atoms with Gasteiger partial charge in [0, 0.05) is 29.7 Å². The summed E-state index contributed by atoms with van der Waals surface area (Å²) in [5, 5.41) is 0. The maximum atomic E-state index is 12.8. The molecular formula is C22H27BrN2O3. The van der Waals surface area contributed by atoms with Crippen molar-refractivity contribution in [2.45, 2.75) is 25.4 Å². The maximum absolute atomic E-state index is 12.8. The minimum atomic E-state index is 0.122. The molecule has 6 heteroatoms. The van der Waals surface area contributed by atoms with Crippen molar-refractivity contribution in [3.63, 3.8) is 0 Å². The predicted octanol–water partition coefficient (Wildman–Crippen LogP) is 4.26. The molecule has 5 nitrogen and oxygen atoms in total. The van der Waals surface area contributed by atoms with Crippen LogP contribution in [0.5, 0.6) is 11.5 Å². The molecular weight excluding hydrogens is 420 g/mol. The van der Waals surface area contributed by atoms with Gasteiger partial charge in [-0.3, -0.25) is 9.69 Å². The Bertz CT molecular complexity index is 810. The van der Waals surface area contributed by atoms with Gasteiger partial charge in [-0.15, -0.1) is 0 Å². The molecule has 1 heterocycles. The van der Waals surface area contributed by atoms with Gasteiger partial charge in [0.1, 0.15) is 11.5 Å². The molecule has 0 aliphatic carbocycles. The van der Waals surface area contributed by atoms with Crippen molar-refractivity contribution in [1.29, 1.82) is 0 Å². The number of likely N-dealkylation sites (tertiary alicyclic amines) is 1. The fourth-order valence-corrected chi connectivity index (χ4v) is 3.98. The van der Waals surface area contributed by atoms with Gasteiger partial charge in [-0.2, -0.15) is 0 Å². The Kier molecular flexibility index (Phi) is 6.97. The first-order chi connectivity index (χ1) is 13.5. The number of hydrogen-bond donors (Lipinski definition) is 0. The molecule has 1 fully saturated rings. The monoisotopic (exact) mass is 446 g/mol. The Morgan fingerprint density at radius 3 is 2.61 bits per heavy atom. The number of halogens is 1. The van der Waals surface area contributed by atoms with Gasteiger partial charge in [-0.05, 0) is 55.3 Å². The number of likely N-dealkylation sites (N-methyl/N-ethyl adjacent to an activating group) is 1. The minimum absolute atomic E-state index is 0.122. The van der Waals surface area contributed by atoms with Crippen LogP contribution in [0.25, 0.3) is 0 Å². The number of nitrogens with zero attached hydrogens (tertiary/aromatic N) is 2. The van der Waals surface area contributed by atoms with Crippen molar-refractivity contribution < 1.29 is 14.3 Å². The summed E-state index contributed by atoms with van der Waals surface area (Å²) in [4.78, 5) is 16.9. The lowest BCUT2D eigenvalue weighted by Gasteiger charge is -2.28. The summed E-state index contributed by atoms with van der Waals surface area (Å²) in [6, 6.07) is 14.1. The van der Waals surface area contributed by atoms with Crippen LogP contribution in [-0.2, 0) is 11.3 Å². The van der Waals surface area contributed by atoms with E-state index in [1.807, 2.05) is 49.5 Å². The van der Waals surface area contributed by atoms with E-state index >= 15 is 0 Å². The van der Waals surface area contributed by atoms with Gasteiger partial charge >= 0.3 is 0 Å². The molecule has 0 saturated carbocycles. The Balaban J connectivity index is 1.69. The summed E-state index contributed by atoms with van der Waals surface area (Å²) < 4.78 is 12.0. The SMILES string of the molecule is COc1ccc(OC)c(C2CCCN2CC(=O)N(C)Cc2ccc(Br)cc2)c1. The van der Waals surface area contributed by atoms with E-state index in [1.54, 1.807) is 19.1 Å². The predicted molar refractivity (Wildman–Crippen MR) is 114 cm³/mol. The zero-order chi connectivity index (χ0) is 20.1. The van der Waals surface area contributed by atoms with Gasteiger partial charge in [-0.1, -0.05) is 28.1 Å². The third-order valence-electron chi connectivity index (χ3n) is 5.26. The molecule has 150 valence electrons. The number of methoxy groups -OCH3 is 2. The van der Waals surface area contributed by atoms with Crippen LogP contribution in [0.2, 0.25) is 0 Å². The molecule has 0 spiro atoms. The average Bonchev–Trinajstić information content (AvgIpc) is 3.17. The first-order valence-corrected chi connectivity index (χ1v) is 10.3. The summed E-state index contributed by atoms with van der Waals surface area (Å²) in [6.07, 6.45) is 2.07. The number of carbonyl (C=O) groups is 1. The van der Waals surface area contributed by atoms with E-state index in [4.69, 9.17) is 9.47 Å². The zero-order valence-electron chi connectivity index (χ0n) is 16.7. The smallest absolute Gasteiger partial charge is 0.236 e. The van der Waals surface area contributed by atoms with E-state index < -0.39 is 0 Å². The Hall–Kier alpha value is -2.05. The molecule has 1 aliphatic heterocycles. The second-order valence-corrected chi connectivity index (χ2v) is 8.03. The highest BCUT2D eigenvalue weighted by Crippen LogP contribution is 2.38. The molecule has 1 unspecified atom stereocenters. The van der Waals surface area contributed by atoms with Gasteiger partial charge in [0.2, 0.25) is 5.91 Å². The van der Waals surface area contributed by atoms with Crippen LogP contribution < -0.4 is 9.47 Å². The number of carbonyl (C=O) groups excluding carboxylic acids is 1. The molecule has 0 aromatic heterocycles. The lowest BCUT2D eigenvalue weighted by atomic mass is 10.0. The Morgan fingerprint density at radius 1 is 1.18 bits per heavy atom. The molecule has 0 bridgehead atoms.